The second-order valence-corrected chi connectivity index (χ2v) is 10.4. The summed E-state index contributed by atoms with van der Waals surface area (Å²) in [5.74, 6) is 1.35. The first-order valence-corrected chi connectivity index (χ1v) is 11.7. The molecule has 0 radical (unpaired) electrons. The summed E-state index contributed by atoms with van der Waals surface area (Å²) in [6.45, 7) is 3.70. The van der Waals surface area contributed by atoms with E-state index in [1.54, 1.807) is 7.05 Å². The molecule has 152 valence electrons. The molecule has 9 heteroatoms. The quantitative estimate of drug-likeness (QED) is 0.311. The number of rotatable bonds is 6. The summed E-state index contributed by atoms with van der Waals surface area (Å²) in [4.78, 5) is 6.49. The van der Waals surface area contributed by atoms with Gasteiger partial charge in [0.1, 0.15) is 0 Å². The Morgan fingerprint density at radius 1 is 1.26 bits per heavy atom. The number of benzene rings is 1. The fraction of sp³-hybridized carbons (Fsp3) is 0.611. The van der Waals surface area contributed by atoms with Gasteiger partial charge in [0.2, 0.25) is 0 Å². The Labute approximate surface area is 187 Å². The summed E-state index contributed by atoms with van der Waals surface area (Å²) in [5, 5.41) is 6.79. The highest BCUT2D eigenvalue weighted by Gasteiger charge is 2.44. The highest BCUT2D eigenvalue weighted by Crippen LogP contribution is 2.48. The van der Waals surface area contributed by atoms with Crippen LogP contribution in [0, 0.1) is 0 Å². The molecule has 1 aromatic carbocycles. The van der Waals surface area contributed by atoms with Crippen LogP contribution in [0.1, 0.15) is 18.4 Å². The van der Waals surface area contributed by atoms with Crippen molar-refractivity contribution in [2.24, 2.45) is 4.99 Å². The number of nitrogens with one attached hydrogen (secondary N) is 2. The molecular weight excluding hydrogens is 543 g/mol. The van der Waals surface area contributed by atoms with Crippen LogP contribution in [-0.4, -0.2) is 70.6 Å². The van der Waals surface area contributed by atoms with E-state index in [1.807, 2.05) is 0 Å². The van der Waals surface area contributed by atoms with Crippen molar-refractivity contribution in [3.05, 3.63) is 34.3 Å². The number of hydrogen-bond acceptors (Lipinski definition) is 4. The third-order valence-corrected chi connectivity index (χ3v) is 7.37. The van der Waals surface area contributed by atoms with Gasteiger partial charge in [-0.1, -0.05) is 28.1 Å². The summed E-state index contributed by atoms with van der Waals surface area (Å²) < 4.78 is 24.1. The maximum atomic E-state index is 11.5. The molecule has 0 aromatic heterocycles. The van der Waals surface area contributed by atoms with Gasteiger partial charge in [-0.05, 0) is 30.5 Å². The van der Waals surface area contributed by atoms with Crippen LogP contribution in [0.2, 0.25) is 0 Å². The number of halogens is 2. The molecule has 0 atom stereocenters. The molecule has 2 N–H and O–H groups in total. The van der Waals surface area contributed by atoms with E-state index in [2.05, 4.69) is 60.7 Å². The van der Waals surface area contributed by atoms with Gasteiger partial charge in [-0.25, -0.2) is 8.42 Å². The van der Waals surface area contributed by atoms with E-state index in [0.717, 1.165) is 30.1 Å². The molecule has 27 heavy (non-hydrogen) atoms. The van der Waals surface area contributed by atoms with E-state index >= 15 is 0 Å². The van der Waals surface area contributed by atoms with Crippen LogP contribution < -0.4 is 10.6 Å². The lowest BCUT2D eigenvalue weighted by molar-refractivity contribution is 0.299. The van der Waals surface area contributed by atoms with Crippen molar-refractivity contribution >= 4 is 55.7 Å². The Bertz CT molecular complexity index is 754. The van der Waals surface area contributed by atoms with Crippen molar-refractivity contribution in [2.45, 2.75) is 18.3 Å². The first-order valence-electron chi connectivity index (χ1n) is 9.06. The molecule has 0 amide bonds. The summed E-state index contributed by atoms with van der Waals surface area (Å²) >= 11 is 3.56. The van der Waals surface area contributed by atoms with Gasteiger partial charge in [-0.3, -0.25) is 9.89 Å². The summed E-state index contributed by atoms with van der Waals surface area (Å²) in [6.07, 6.45) is 2.38. The molecule has 2 fully saturated rings. The van der Waals surface area contributed by atoms with Crippen molar-refractivity contribution in [1.82, 2.24) is 15.5 Å². The Kier molecular flexibility index (Phi) is 8.38. The molecule has 1 heterocycles. The summed E-state index contributed by atoms with van der Waals surface area (Å²) in [6, 6.07) is 8.54. The monoisotopic (exact) mass is 570 g/mol. The Morgan fingerprint density at radius 3 is 2.56 bits per heavy atom. The van der Waals surface area contributed by atoms with Crippen molar-refractivity contribution in [2.75, 3.05) is 51.3 Å². The van der Waals surface area contributed by atoms with E-state index in [4.69, 9.17) is 0 Å². The number of nitrogens with zero attached hydrogens (tertiary/aromatic N) is 2. The van der Waals surface area contributed by atoms with Crippen molar-refractivity contribution in [1.29, 1.82) is 0 Å². The average molecular weight is 571 g/mol. The lowest BCUT2D eigenvalue weighted by Gasteiger charge is -2.27. The van der Waals surface area contributed by atoms with E-state index in [0.29, 0.717) is 13.1 Å². The van der Waals surface area contributed by atoms with Gasteiger partial charge in [-0.15, -0.1) is 24.0 Å². The fourth-order valence-corrected chi connectivity index (χ4v) is 4.99. The lowest BCUT2D eigenvalue weighted by atomic mass is 9.96. The zero-order valence-corrected chi connectivity index (χ0v) is 20.3. The van der Waals surface area contributed by atoms with Crippen molar-refractivity contribution in [3.63, 3.8) is 0 Å². The number of aliphatic imine (C=N–C) groups is 1. The highest BCUT2D eigenvalue weighted by atomic mass is 127. The van der Waals surface area contributed by atoms with Crippen LogP contribution >= 0.6 is 39.9 Å². The smallest absolute Gasteiger partial charge is 0.191 e. The third-order valence-electron chi connectivity index (χ3n) is 5.27. The van der Waals surface area contributed by atoms with Crippen molar-refractivity contribution < 1.29 is 8.42 Å². The predicted molar refractivity (Wildman–Crippen MR) is 125 cm³/mol. The molecule has 1 aliphatic carbocycles. The topological polar surface area (TPSA) is 73.8 Å². The predicted octanol–water partition coefficient (Wildman–Crippen LogP) is 1.99. The molecule has 0 bridgehead atoms. The maximum absolute atomic E-state index is 11.5. The van der Waals surface area contributed by atoms with E-state index in [-0.39, 0.29) is 40.9 Å². The molecule has 6 nitrogen and oxygen atoms in total. The van der Waals surface area contributed by atoms with Crippen LogP contribution in [0.4, 0.5) is 0 Å². The fourth-order valence-electron chi connectivity index (χ4n) is 3.32. The van der Waals surface area contributed by atoms with Crippen LogP contribution in [-0.2, 0) is 15.3 Å². The number of hydrogen-bond donors (Lipinski definition) is 2. The van der Waals surface area contributed by atoms with Crippen LogP contribution in [0.15, 0.2) is 33.7 Å². The lowest BCUT2D eigenvalue weighted by Crippen LogP contribution is -2.46. The minimum Gasteiger partial charge on any atom is -0.356 e. The zero-order chi connectivity index (χ0) is 18.6. The Morgan fingerprint density at radius 2 is 1.96 bits per heavy atom. The molecule has 1 saturated heterocycles. The van der Waals surface area contributed by atoms with Gasteiger partial charge >= 0.3 is 0 Å². The summed E-state index contributed by atoms with van der Waals surface area (Å²) in [5.41, 5.74) is 1.58. The van der Waals surface area contributed by atoms with Crippen LogP contribution in [0.25, 0.3) is 0 Å². The molecule has 1 saturated carbocycles. The van der Waals surface area contributed by atoms with Crippen LogP contribution in [0.3, 0.4) is 0 Å². The minimum absolute atomic E-state index is 0. The number of guanidine groups is 1. The maximum Gasteiger partial charge on any atom is 0.191 e. The average Bonchev–Trinajstić information content (AvgIpc) is 3.40. The normalized spacial score (nSPS) is 21.2. The number of sulfone groups is 1. The molecule has 2 aliphatic rings. The van der Waals surface area contributed by atoms with Gasteiger partial charge < -0.3 is 10.6 Å². The first kappa shape index (κ1) is 22.9. The highest BCUT2D eigenvalue weighted by molar-refractivity contribution is 14.0. The van der Waals surface area contributed by atoms with Gasteiger partial charge in [0, 0.05) is 49.7 Å². The Balaban J connectivity index is 0.00000261. The van der Waals surface area contributed by atoms with Gasteiger partial charge in [-0.2, -0.15) is 0 Å². The second kappa shape index (κ2) is 9.89. The van der Waals surface area contributed by atoms with E-state index < -0.39 is 9.84 Å². The minimum atomic E-state index is -2.81. The molecular formula is C18H28BrIN4O2S. The Hall–Kier alpha value is -0.390. The first-order chi connectivity index (χ1) is 12.4. The second-order valence-electron chi connectivity index (χ2n) is 7.14. The zero-order valence-electron chi connectivity index (χ0n) is 15.6. The van der Waals surface area contributed by atoms with Crippen LogP contribution in [0.5, 0.6) is 0 Å². The van der Waals surface area contributed by atoms with Gasteiger partial charge in [0.25, 0.3) is 0 Å². The third kappa shape index (κ3) is 6.57. The largest absolute Gasteiger partial charge is 0.356 e. The summed E-state index contributed by atoms with van der Waals surface area (Å²) in [7, 11) is -1.03. The molecule has 3 rings (SSSR count). The molecule has 1 aromatic rings. The van der Waals surface area contributed by atoms with Gasteiger partial charge in [0.15, 0.2) is 15.8 Å². The molecule has 1 aliphatic heterocycles. The standard InChI is InChI=1S/C18H27BrN4O2S.HI/c1-20-17(21-7-8-23-9-11-26(24,25)12-10-23)22-14-18(5-6-18)15-3-2-4-16(19)13-15;/h2-4,13H,5-12,14H2,1H3,(H2,20,21,22);1H. The van der Waals surface area contributed by atoms with E-state index in [9.17, 15) is 8.42 Å². The van der Waals surface area contributed by atoms with Gasteiger partial charge in [0.05, 0.1) is 11.5 Å². The van der Waals surface area contributed by atoms with E-state index in [1.165, 1.54) is 18.4 Å². The SMILES string of the molecule is CN=C(NCCN1CCS(=O)(=O)CC1)NCC1(c2cccc(Br)c2)CC1.I. The molecule has 0 spiro atoms. The van der Waals surface area contributed by atoms with Crippen molar-refractivity contribution in [3.8, 4) is 0 Å². The molecule has 0 unspecified atom stereocenters.